The minimum absolute atomic E-state index is 0.0556. The van der Waals surface area contributed by atoms with E-state index in [1.165, 1.54) is 9.80 Å². The molecule has 2 N–H and O–H groups in total. The van der Waals surface area contributed by atoms with E-state index in [4.69, 9.17) is 10.2 Å². The number of rotatable bonds is 5. The molecule has 0 radical (unpaired) electrons. The Morgan fingerprint density at radius 2 is 2.00 bits per heavy atom. The summed E-state index contributed by atoms with van der Waals surface area (Å²) >= 11 is 0. The smallest absolute Gasteiger partial charge is 0.323 e. The Labute approximate surface area is 94.4 Å². The van der Waals surface area contributed by atoms with Crippen molar-refractivity contribution in [3.05, 3.63) is 0 Å². The highest BCUT2D eigenvalue weighted by Gasteiger charge is 2.35. The van der Waals surface area contributed by atoms with E-state index in [0.717, 1.165) is 12.8 Å². The summed E-state index contributed by atoms with van der Waals surface area (Å²) in [4.78, 5) is 25.2. The third-order valence-corrected chi connectivity index (χ3v) is 2.40. The lowest BCUT2D eigenvalue weighted by atomic mass is 10.4. The average molecular weight is 230 g/mol. The fourth-order valence-corrected chi connectivity index (χ4v) is 1.58. The van der Waals surface area contributed by atoms with E-state index in [1.54, 1.807) is 14.0 Å². The SMILES string of the molecule is CC(O)CN(C)C(=O)N(CC(=O)O)C1CC1. The number of aliphatic hydroxyl groups is 1. The van der Waals surface area contributed by atoms with Crippen molar-refractivity contribution >= 4 is 12.0 Å². The first kappa shape index (κ1) is 12.8. The van der Waals surface area contributed by atoms with Crippen LogP contribution in [0.1, 0.15) is 19.8 Å². The number of hydrogen-bond acceptors (Lipinski definition) is 3. The van der Waals surface area contributed by atoms with Gasteiger partial charge in [-0.15, -0.1) is 0 Å². The Balaban J connectivity index is 2.56. The lowest BCUT2D eigenvalue weighted by molar-refractivity contribution is -0.137. The molecule has 92 valence electrons. The molecule has 0 bridgehead atoms. The van der Waals surface area contributed by atoms with Crippen molar-refractivity contribution in [1.82, 2.24) is 9.80 Å². The zero-order chi connectivity index (χ0) is 12.3. The van der Waals surface area contributed by atoms with Crippen LogP contribution in [0.5, 0.6) is 0 Å². The quantitative estimate of drug-likeness (QED) is 0.695. The molecule has 16 heavy (non-hydrogen) atoms. The lowest BCUT2D eigenvalue weighted by Gasteiger charge is -2.27. The number of hydrogen-bond donors (Lipinski definition) is 2. The molecule has 0 aromatic rings. The van der Waals surface area contributed by atoms with E-state index in [9.17, 15) is 9.59 Å². The number of carboxylic acids is 1. The Morgan fingerprint density at radius 1 is 1.44 bits per heavy atom. The maximum absolute atomic E-state index is 11.9. The van der Waals surface area contributed by atoms with E-state index in [2.05, 4.69) is 0 Å². The fraction of sp³-hybridized carbons (Fsp3) is 0.800. The summed E-state index contributed by atoms with van der Waals surface area (Å²) in [5, 5.41) is 17.9. The Hall–Kier alpha value is -1.30. The number of amides is 2. The minimum Gasteiger partial charge on any atom is -0.480 e. The first-order valence-corrected chi connectivity index (χ1v) is 5.33. The molecule has 0 spiro atoms. The molecule has 0 aromatic carbocycles. The van der Waals surface area contributed by atoms with Crippen LogP contribution in [-0.2, 0) is 4.79 Å². The molecule has 0 aliphatic heterocycles. The molecular formula is C10H18N2O4. The topological polar surface area (TPSA) is 81.1 Å². The first-order valence-electron chi connectivity index (χ1n) is 5.33. The van der Waals surface area contributed by atoms with Crippen LogP contribution in [-0.4, -0.2) is 64.3 Å². The highest BCUT2D eigenvalue weighted by Crippen LogP contribution is 2.27. The largest absolute Gasteiger partial charge is 0.480 e. The van der Waals surface area contributed by atoms with Gasteiger partial charge in [0.1, 0.15) is 6.54 Å². The number of aliphatic hydroxyl groups excluding tert-OH is 1. The molecule has 1 aliphatic carbocycles. The number of aliphatic carboxylic acids is 1. The van der Waals surface area contributed by atoms with Crippen LogP contribution in [0.15, 0.2) is 0 Å². The minimum atomic E-state index is -1.01. The fourth-order valence-electron chi connectivity index (χ4n) is 1.58. The highest BCUT2D eigenvalue weighted by atomic mass is 16.4. The van der Waals surface area contributed by atoms with Gasteiger partial charge in [0.2, 0.25) is 0 Å². The number of nitrogens with zero attached hydrogens (tertiary/aromatic N) is 2. The van der Waals surface area contributed by atoms with Crippen molar-refractivity contribution in [2.24, 2.45) is 0 Å². The van der Waals surface area contributed by atoms with E-state index >= 15 is 0 Å². The number of carbonyl (C=O) groups excluding carboxylic acids is 1. The molecule has 0 saturated heterocycles. The first-order chi connectivity index (χ1) is 7.41. The molecule has 1 rings (SSSR count). The van der Waals surface area contributed by atoms with Gasteiger partial charge in [-0.3, -0.25) is 4.79 Å². The molecule has 6 nitrogen and oxygen atoms in total. The normalized spacial score (nSPS) is 16.7. The van der Waals surface area contributed by atoms with Crippen LogP contribution < -0.4 is 0 Å². The number of carboxylic acid groups (broad SMARTS) is 1. The van der Waals surface area contributed by atoms with Crippen molar-refractivity contribution in [3.63, 3.8) is 0 Å². The molecule has 1 atom stereocenters. The van der Waals surface area contributed by atoms with Gasteiger partial charge in [0.15, 0.2) is 0 Å². The molecule has 2 amide bonds. The van der Waals surface area contributed by atoms with Crippen molar-refractivity contribution in [3.8, 4) is 0 Å². The second-order valence-electron chi connectivity index (χ2n) is 4.26. The molecule has 1 unspecified atom stereocenters. The second kappa shape index (κ2) is 5.16. The van der Waals surface area contributed by atoms with Crippen LogP contribution in [0.25, 0.3) is 0 Å². The Bertz CT molecular complexity index is 276. The number of urea groups is 1. The van der Waals surface area contributed by atoms with Gasteiger partial charge in [-0.1, -0.05) is 0 Å². The van der Waals surface area contributed by atoms with Gasteiger partial charge in [-0.2, -0.15) is 0 Å². The molecule has 0 heterocycles. The van der Waals surface area contributed by atoms with Gasteiger partial charge in [0, 0.05) is 19.6 Å². The molecule has 0 aromatic heterocycles. The van der Waals surface area contributed by atoms with Gasteiger partial charge >= 0.3 is 12.0 Å². The molecule has 1 fully saturated rings. The molecule has 1 saturated carbocycles. The van der Waals surface area contributed by atoms with Crippen molar-refractivity contribution < 1.29 is 19.8 Å². The van der Waals surface area contributed by atoms with E-state index in [1.807, 2.05) is 0 Å². The summed E-state index contributed by atoms with van der Waals surface area (Å²) in [6, 6.07) is -0.272. The summed E-state index contributed by atoms with van der Waals surface area (Å²) in [6.45, 7) is 1.53. The summed E-state index contributed by atoms with van der Waals surface area (Å²) in [6.07, 6.45) is 1.11. The average Bonchev–Trinajstić information content (AvgIpc) is 2.94. The molecular weight excluding hydrogens is 212 g/mol. The molecule has 6 heteroatoms. The predicted molar refractivity (Wildman–Crippen MR) is 57.1 cm³/mol. The van der Waals surface area contributed by atoms with Crippen molar-refractivity contribution in [2.45, 2.75) is 31.9 Å². The van der Waals surface area contributed by atoms with Gasteiger partial charge < -0.3 is 20.0 Å². The van der Waals surface area contributed by atoms with Crippen LogP contribution in [0, 0.1) is 0 Å². The van der Waals surface area contributed by atoms with Gasteiger partial charge in [-0.25, -0.2) is 4.79 Å². The third kappa shape index (κ3) is 3.69. The Morgan fingerprint density at radius 3 is 2.38 bits per heavy atom. The van der Waals surface area contributed by atoms with Crippen LogP contribution in [0.4, 0.5) is 4.79 Å². The summed E-state index contributed by atoms with van der Waals surface area (Å²) < 4.78 is 0. The van der Waals surface area contributed by atoms with Gasteiger partial charge in [0.25, 0.3) is 0 Å². The summed E-state index contributed by atoms with van der Waals surface area (Å²) in [5.41, 5.74) is 0. The maximum Gasteiger partial charge on any atom is 0.323 e. The molecule has 1 aliphatic rings. The second-order valence-corrected chi connectivity index (χ2v) is 4.26. The van der Waals surface area contributed by atoms with Gasteiger partial charge in [0.05, 0.1) is 6.10 Å². The van der Waals surface area contributed by atoms with Gasteiger partial charge in [-0.05, 0) is 19.8 Å². The van der Waals surface area contributed by atoms with E-state index in [-0.39, 0.29) is 25.2 Å². The van der Waals surface area contributed by atoms with Crippen molar-refractivity contribution in [1.29, 1.82) is 0 Å². The summed E-state index contributed by atoms with van der Waals surface area (Å²) in [5.74, 6) is -1.01. The third-order valence-electron chi connectivity index (χ3n) is 2.40. The van der Waals surface area contributed by atoms with Crippen LogP contribution >= 0.6 is 0 Å². The number of carbonyl (C=O) groups is 2. The van der Waals surface area contributed by atoms with Crippen LogP contribution in [0.2, 0.25) is 0 Å². The van der Waals surface area contributed by atoms with E-state index < -0.39 is 12.1 Å². The predicted octanol–water partition coefficient (Wildman–Crippen LogP) is -0.0320. The monoisotopic (exact) mass is 230 g/mol. The maximum atomic E-state index is 11.9. The summed E-state index contributed by atoms with van der Waals surface area (Å²) in [7, 11) is 1.56. The van der Waals surface area contributed by atoms with Crippen LogP contribution in [0.3, 0.4) is 0 Å². The zero-order valence-corrected chi connectivity index (χ0v) is 9.59. The Kier molecular flexibility index (Phi) is 4.12. The standard InChI is InChI=1S/C10H18N2O4/c1-7(13)5-11(2)10(16)12(6-9(14)15)8-3-4-8/h7-8,13H,3-6H2,1-2H3,(H,14,15). The highest BCUT2D eigenvalue weighted by molar-refractivity contribution is 5.80. The lowest BCUT2D eigenvalue weighted by Crippen LogP contribution is -2.46. The van der Waals surface area contributed by atoms with E-state index in [0.29, 0.717) is 0 Å². The van der Waals surface area contributed by atoms with Crippen molar-refractivity contribution in [2.75, 3.05) is 20.1 Å². The zero-order valence-electron chi connectivity index (χ0n) is 9.59. The number of likely N-dealkylation sites (N-methyl/N-ethyl adjacent to an activating group) is 1.